The van der Waals surface area contributed by atoms with Crippen molar-refractivity contribution in [2.75, 3.05) is 5.73 Å². The van der Waals surface area contributed by atoms with Crippen LogP contribution in [0.5, 0.6) is 0 Å². The Hall–Kier alpha value is -1.29. The summed E-state index contributed by atoms with van der Waals surface area (Å²) in [4.78, 5) is 0. The van der Waals surface area contributed by atoms with Crippen molar-refractivity contribution in [3.05, 3.63) is 39.6 Å². The highest BCUT2D eigenvalue weighted by molar-refractivity contribution is 9.10. The molecule has 0 aliphatic rings. The predicted molar refractivity (Wildman–Crippen MR) is 69.9 cm³/mol. The summed E-state index contributed by atoms with van der Waals surface area (Å²) in [5.74, 6) is 0. The van der Waals surface area contributed by atoms with Crippen LogP contribution < -0.4 is 5.73 Å². The first-order valence-corrected chi connectivity index (χ1v) is 5.87. The third-order valence-corrected chi connectivity index (χ3v) is 3.68. The van der Waals surface area contributed by atoms with Crippen LogP contribution in [-0.2, 0) is 0 Å². The molecule has 2 N–H and O–H groups in total. The quantitative estimate of drug-likeness (QED) is 0.815. The molecule has 16 heavy (non-hydrogen) atoms. The van der Waals surface area contributed by atoms with Gasteiger partial charge in [0.1, 0.15) is 0 Å². The van der Waals surface area contributed by atoms with E-state index in [4.69, 9.17) is 5.73 Å². The van der Waals surface area contributed by atoms with Crippen molar-refractivity contribution in [1.29, 1.82) is 0 Å². The number of nitrogens with two attached hydrogens (primary N) is 1. The van der Waals surface area contributed by atoms with Crippen LogP contribution in [0.3, 0.4) is 0 Å². The molecule has 0 aliphatic heterocycles. The van der Waals surface area contributed by atoms with Crippen LogP contribution in [-0.4, -0.2) is 9.78 Å². The average Bonchev–Trinajstić information content (AvgIpc) is 2.44. The van der Waals surface area contributed by atoms with Crippen LogP contribution >= 0.6 is 15.9 Å². The van der Waals surface area contributed by atoms with Gasteiger partial charge in [-0.2, -0.15) is 5.10 Å². The van der Waals surface area contributed by atoms with E-state index < -0.39 is 0 Å². The molecule has 1 heterocycles. The van der Waals surface area contributed by atoms with Crippen molar-refractivity contribution in [2.45, 2.75) is 20.8 Å². The smallest absolute Gasteiger partial charge is 0.0743 e. The summed E-state index contributed by atoms with van der Waals surface area (Å²) >= 11 is 3.52. The van der Waals surface area contributed by atoms with E-state index in [0.717, 1.165) is 32.8 Å². The summed E-state index contributed by atoms with van der Waals surface area (Å²) in [6.45, 7) is 6.04. The number of nitrogen functional groups attached to an aromatic ring is 1. The number of aromatic nitrogens is 2. The first-order chi connectivity index (χ1) is 7.49. The number of halogens is 1. The summed E-state index contributed by atoms with van der Waals surface area (Å²) in [6, 6.07) is 5.95. The number of benzene rings is 1. The standard InChI is InChI=1S/C12H14BrN3/c1-7-4-10(14)6-11(5-7)16-9(3)12(13)8(2)15-16/h4-6H,14H2,1-3H3. The van der Waals surface area contributed by atoms with Gasteiger partial charge in [-0.1, -0.05) is 0 Å². The molecule has 0 amide bonds. The number of rotatable bonds is 1. The highest BCUT2D eigenvalue weighted by atomic mass is 79.9. The van der Waals surface area contributed by atoms with Gasteiger partial charge in [-0.05, 0) is 60.5 Å². The second-order valence-electron chi connectivity index (χ2n) is 4.00. The zero-order valence-corrected chi connectivity index (χ0v) is 11.2. The van der Waals surface area contributed by atoms with Gasteiger partial charge in [0.05, 0.1) is 21.5 Å². The van der Waals surface area contributed by atoms with Gasteiger partial charge < -0.3 is 5.73 Å². The first kappa shape index (κ1) is 11.2. The minimum atomic E-state index is 0.763. The van der Waals surface area contributed by atoms with Crippen molar-refractivity contribution in [3.8, 4) is 5.69 Å². The molecule has 0 saturated carbocycles. The van der Waals surface area contributed by atoms with Crippen molar-refractivity contribution < 1.29 is 0 Å². The van der Waals surface area contributed by atoms with Crippen molar-refractivity contribution >= 4 is 21.6 Å². The Bertz CT molecular complexity index is 523. The lowest BCUT2D eigenvalue weighted by Crippen LogP contribution is -2.00. The Kier molecular flexibility index (Phi) is 2.76. The zero-order valence-electron chi connectivity index (χ0n) is 9.58. The fourth-order valence-electron chi connectivity index (χ4n) is 1.79. The van der Waals surface area contributed by atoms with Crippen molar-refractivity contribution in [2.24, 2.45) is 0 Å². The van der Waals surface area contributed by atoms with E-state index in [1.54, 1.807) is 0 Å². The third kappa shape index (κ3) is 1.85. The predicted octanol–water partition coefficient (Wildman–Crippen LogP) is 3.14. The van der Waals surface area contributed by atoms with Gasteiger partial charge in [0.15, 0.2) is 0 Å². The van der Waals surface area contributed by atoms with Crippen LogP contribution in [0.1, 0.15) is 17.0 Å². The lowest BCUT2D eigenvalue weighted by Gasteiger charge is -2.07. The number of hydrogen-bond donors (Lipinski definition) is 1. The minimum Gasteiger partial charge on any atom is -0.399 e. The lowest BCUT2D eigenvalue weighted by molar-refractivity contribution is 0.833. The molecule has 1 aromatic carbocycles. The van der Waals surface area contributed by atoms with E-state index in [9.17, 15) is 0 Å². The normalized spacial score (nSPS) is 10.8. The summed E-state index contributed by atoms with van der Waals surface area (Å²) < 4.78 is 2.95. The zero-order chi connectivity index (χ0) is 11.9. The highest BCUT2D eigenvalue weighted by Gasteiger charge is 2.10. The maximum atomic E-state index is 5.84. The summed E-state index contributed by atoms with van der Waals surface area (Å²) in [5.41, 5.74) is 10.8. The van der Waals surface area contributed by atoms with Crippen LogP contribution in [0.25, 0.3) is 5.69 Å². The monoisotopic (exact) mass is 279 g/mol. The molecule has 0 spiro atoms. The molecule has 1 aromatic heterocycles. The molecule has 3 nitrogen and oxygen atoms in total. The molecule has 4 heteroatoms. The molecule has 84 valence electrons. The fraction of sp³-hybridized carbons (Fsp3) is 0.250. The first-order valence-electron chi connectivity index (χ1n) is 5.08. The summed E-state index contributed by atoms with van der Waals surface area (Å²) in [7, 11) is 0. The van der Waals surface area contributed by atoms with E-state index in [2.05, 4.69) is 27.1 Å². The molecule has 0 bridgehead atoms. The number of hydrogen-bond acceptors (Lipinski definition) is 2. The molecule has 0 fully saturated rings. The lowest BCUT2D eigenvalue weighted by atomic mass is 10.2. The van der Waals surface area contributed by atoms with Crippen LogP contribution in [0.15, 0.2) is 22.7 Å². The Labute approximate surface area is 103 Å². The van der Waals surface area contributed by atoms with Gasteiger partial charge in [-0.15, -0.1) is 0 Å². The van der Waals surface area contributed by atoms with Crippen LogP contribution in [0.4, 0.5) is 5.69 Å². The van der Waals surface area contributed by atoms with Crippen molar-refractivity contribution in [1.82, 2.24) is 9.78 Å². The van der Waals surface area contributed by atoms with Gasteiger partial charge in [-0.3, -0.25) is 0 Å². The maximum Gasteiger partial charge on any atom is 0.0743 e. The molecule has 0 unspecified atom stereocenters. The molecule has 2 rings (SSSR count). The second kappa shape index (κ2) is 3.94. The van der Waals surface area contributed by atoms with Gasteiger partial charge in [0.25, 0.3) is 0 Å². The Morgan fingerprint density at radius 1 is 1.19 bits per heavy atom. The molecular formula is C12H14BrN3. The largest absolute Gasteiger partial charge is 0.399 e. The average molecular weight is 280 g/mol. The molecule has 0 radical (unpaired) electrons. The minimum absolute atomic E-state index is 0.763. The molecule has 0 aliphatic carbocycles. The van der Waals surface area contributed by atoms with E-state index in [-0.39, 0.29) is 0 Å². The molecular weight excluding hydrogens is 266 g/mol. The number of anilines is 1. The molecule has 2 aromatic rings. The third-order valence-electron chi connectivity index (χ3n) is 2.53. The van der Waals surface area contributed by atoms with Crippen LogP contribution in [0.2, 0.25) is 0 Å². The molecule has 0 atom stereocenters. The Balaban J connectivity index is 2.62. The Morgan fingerprint density at radius 3 is 2.38 bits per heavy atom. The summed E-state index contributed by atoms with van der Waals surface area (Å²) in [5, 5.41) is 4.48. The topological polar surface area (TPSA) is 43.8 Å². The van der Waals surface area contributed by atoms with Gasteiger partial charge in [0, 0.05) is 5.69 Å². The van der Waals surface area contributed by atoms with Gasteiger partial charge in [0.2, 0.25) is 0 Å². The number of aryl methyl sites for hydroxylation is 2. The second-order valence-corrected chi connectivity index (χ2v) is 4.79. The summed E-state index contributed by atoms with van der Waals surface area (Å²) in [6.07, 6.45) is 0. The van der Waals surface area contributed by atoms with Crippen molar-refractivity contribution in [3.63, 3.8) is 0 Å². The van der Waals surface area contributed by atoms with E-state index in [1.165, 1.54) is 0 Å². The van der Waals surface area contributed by atoms with Crippen LogP contribution in [0, 0.1) is 20.8 Å². The SMILES string of the molecule is Cc1cc(N)cc(-n2nc(C)c(Br)c2C)c1. The number of nitrogens with zero attached hydrogens (tertiary/aromatic N) is 2. The van der Waals surface area contributed by atoms with E-state index in [0.29, 0.717) is 0 Å². The maximum absolute atomic E-state index is 5.84. The highest BCUT2D eigenvalue weighted by Crippen LogP contribution is 2.24. The van der Waals surface area contributed by atoms with Gasteiger partial charge in [-0.25, -0.2) is 4.68 Å². The van der Waals surface area contributed by atoms with Gasteiger partial charge >= 0.3 is 0 Å². The Morgan fingerprint density at radius 2 is 1.88 bits per heavy atom. The fourth-order valence-corrected chi connectivity index (χ4v) is 2.04. The molecule has 0 saturated heterocycles. The van der Waals surface area contributed by atoms with E-state index >= 15 is 0 Å². The van der Waals surface area contributed by atoms with E-state index in [1.807, 2.05) is 37.6 Å².